The number of fused-ring (bicyclic) bond motifs is 1. The molecule has 0 bridgehead atoms. The molecule has 31 heavy (non-hydrogen) atoms. The topological polar surface area (TPSA) is 108 Å². The monoisotopic (exact) mass is 420 g/mol. The first-order chi connectivity index (χ1) is 15.1. The van der Waals surface area contributed by atoms with Gasteiger partial charge in [-0.2, -0.15) is 0 Å². The van der Waals surface area contributed by atoms with Crippen LogP contribution >= 0.6 is 0 Å². The second-order valence-electron chi connectivity index (χ2n) is 6.91. The van der Waals surface area contributed by atoms with Crippen LogP contribution in [-0.4, -0.2) is 22.3 Å². The van der Waals surface area contributed by atoms with E-state index in [1.807, 2.05) is 42.5 Å². The van der Waals surface area contributed by atoms with Crippen LogP contribution in [0.4, 0.5) is 10.5 Å². The molecule has 7 nitrogen and oxygen atoms in total. The first kappa shape index (κ1) is 21.9. The molecule has 0 heterocycles. The molecule has 0 fully saturated rings. The fraction of sp³-hybridized carbons (Fsp3) is 0.167. The van der Waals surface area contributed by atoms with Gasteiger partial charge in [0.05, 0.1) is 0 Å². The van der Waals surface area contributed by atoms with Crippen LogP contribution in [0, 0.1) is 0 Å². The van der Waals surface area contributed by atoms with E-state index in [1.165, 1.54) is 11.6 Å². The van der Waals surface area contributed by atoms with Gasteiger partial charge in [0.2, 0.25) is 0 Å². The van der Waals surface area contributed by atoms with E-state index in [1.54, 1.807) is 30.3 Å². The molecule has 0 saturated heterocycles. The third-order valence-corrected chi connectivity index (χ3v) is 4.77. The molecule has 0 unspecified atom stereocenters. The fourth-order valence-electron chi connectivity index (χ4n) is 3.31. The van der Waals surface area contributed by atoms with Gasteiger partial charge in [-0.15, -0.1) is 0 Å². The van der Waals surface area contributed by atoms with Gasteiger partial charge < -0.3 is 9.84 Å². The number of phenolic OH excluding ortho intramolecular Hbond substituents is 1. The average molecular weight is 420 g/mol. The predicted molar refractivity (Wildman–Crippen MR) is 118 cm³/mol. The number of hydroxylamine groups is 1. The number of amides is 2. The van der Waals surface area contributed by atoms with Gasteiger partial charge in [-0.3, -0.25) is 15.3 Å². The standard InChI is InChI=1S/C24H24N2O5/c27-21-16-15-20(18-11-7-8-12-19(18)21)22(13-5-2-6-14-23(28)26-30)31-24(29)25-17-9-3-1-4-10-17/h1,3-4,6-12,14-16,22,27,30H,2,5,13H2,(H,25,29)(H,26,28)/b14-6+/t22-/m1/s1. The number of unbranched alkanes of at least 4 members (excludes halogenated alkanes) is 1. The van der Waals surface area contributed by atoms with Crippen molar-refractivity contribution in [1.29, 1.82) is 0 Å². The first-order valence-corrected chi connectivity index (χ1v) is 9.92. The van der Waals surface area contributed by atoms with Crippen LogP contribution in [0.25, 0.3) is 10.8 Å². The number of hydrogen-bond donors (Lipinski definition) is 4. The number of benzene rings is 3. The van der Waals surface area contributed by atoms with Gasteiger partial charge in [0.1, 0.15) is 11.9 Å². The zero-order valence-electron chi connectivity index (χ0n) is 16.8. The van der Waals surface area contributed by atoms with Crippen LogP contribution in [0.3, 0.4) is 0 Å². The van der Waals surface area contributed by atoms with Crippen LogP contribution in [0.2, 0.25) is 0 Å². The number of aromatic hydroxyl groups is 1. The summed E-state index contributed by atoms with van der Waals surface area (Å²) in [5.41, 5.74) is 2.95. The molecule has 0 spiro atoms. The molecular weight excluding hydrogens is 396 g/mol. The van der Waals surface area contributed by atoms with Crippen molar-refractivity contribution in [3.8, 4) is 5.75 Å². The highest BCUT2D eigenvalue weighted by Gasteiger charge is 2.20. The molecule has 0 aliphatic carbocycles. The third kappa shape index (κ3) is 6.07. The first-order valence-electron chi connectivity index (χ1n) is 9.92. The summed E-state index contributed by atoms with van der Waals surface area (Å²) >= 11 is 0. The Morgan fingerprint density at radius 2 is 1.68 bits per heavy atom. The summed E-state index contributed by atoms with van der Waals surface area (Å²) in [5, 5.41) is 22.9. The summed E-state index contributed by atoms with van der Waals surface area (Å²) in [6.45, 7) is 0. The molecule has 1 atom stereocenters. The summed E-state index contributed by atoms with van der Waals surface area (Å²) in [7, 11) is 0. The van der Waals surface area contributed by atoms with E-state index in [0.717, 1.165) is 10.9 Å². The van der Waals surface area contributed by atoms with Gasteiger partial charge in [-0.1, -0.05) is 54.6 Å². The Morgan fingerprint density at radius 3 is 2.42 bits per heavy atom. The number of anilines is 1. The molecule has 0 saturated carbocycles. The molecule has 160 valence electrons. The lowest BCUT2D eigenvalue weighted by molar-refractivity contribution is -0.124. The molecule has 7 heteroatoms. The van der Waals surface area contributed by atoms with Crippen molar-refractivity contribution in [2.75, 3.05) is 5.32 Å². The minimum absolute atomic E-state index is 0.157. The van der Waals surface area contributed by atoms with E-state index in [-0.39, 0.29) is 5.75 Å². The fourth-order valence-corrected chi connectivity index (χ4v) is 3.31. The van der Waals surface area contributed by atoms with Crippen LogP contribution in [0.15, 0.2) is 78.9 Å². The maximum Gasteiger partial charge on any atom is 0.412 e. The highest BCUT2D eigenvalue weighted by atomic mass is 16.6. The van der Waals surface area contributed by atoms with Gasteiger partial charge in [0, 0.05) is 22.7 Å². The Hall–Kier alpha value is -3.84. The zero-order valence-corrected chi connectivity index (χ0v) is 16.8. The summed E-state index contributed by atoms with van der Waals surface area (Å²) in [6, 6.07) is 19.8. The number of ether oxygens (including phenoxy) is 1. The predicted octanol–water partition coefficient (Wildman–Crippen LogP) is 5.07. The number of phenols is 1. The van der Waals surface area contributed by atoms with E-state index in [4.69, 9.17) is 9.94 Å². The highest BCUT2D eigenvalue weighted by Crippen LogP contribution is 2.34. The molecule has 3 rings (SSSR count). The Bertz CT molecular complexity index is 1070. The van der Waals surface area contributed by atoms with Crippen molar-refractivity contribution in [2.24, 2.45) is 0 Å². The van der Waals surface area contributed by atoms with Crippen LogP contribution in [0.1, 0.15) is 30.9 Å². The Labute approximate surface area is 179 Å². The van der Waals surface area contributed by atoms with E-state index in [0.29, 0.717) is 30.3 Å². The number of allylic oxidation sites excluding steroid dienone is 1. The van der Waals surface area contributed by atoms with Crippen LogP contribution in [0.5, 0.6) is 5.75 Å². The summed E-state index contributed by atoms with van der Waals surface area (Å²) in [4.78, 5) is 23.6. The lowest BCUT2D eigenvalue weighted by Crippen LogP contribution is -2.18. The highest BCUT2D eigenvalue weighted by molar-refractivity contribution is 5.91. The van der Waals surface area contributed by atoms with Gasteiger partial charge >= 0.3 is 6.09 Å². The average Bonchev–Trinajstić information content (AvgIpc) is 2.79. The van der Waals surface area contributed by atoms with E-state index in [2.05, 4.69) is 5.32 Å². The number of rotatable bonds is 8. The Morgan fingerprint density at radius 1 is 0.968 bits per heavy atom. The number of carbonyl (C=O) groups is 2. The van der Waals surface area contributed by atoms with Crippen molar-refractivity contribution < 1.29 is 24.6 Å². The zero-order chi connectivity index (χ0) is 22.1. The second kappa shape index (κ2) is 10.8. The smallest absolute Gasteiger partial charge is 0.412 e. The molecule has 2 amide bonds. The second-order valence-corrected chi connectivity index (χ2v) is 6.91. The summed E-state index contributed by atoms with van der Waals surface area (Å²) < 4.78 is 5.76. The van der Waals surface area contributed by atoms with Crippen molar-refractivity contribution in [3.63, 3.8) is 0 Å². The third-order valence-electron chi connectivity index (χ3n) is 4.77. The maximum atomic E-state index is 12.5. The summed E-state index contributed by atoms with van der Waals surface area (Å²) in [5.74, 6) is -0.440. The number of nitrogens with one attached hydrogen (secondary N) is 2. The van der Waals surface area contributed by atoms with Gasteiger partial charge in [-0.05, 0) is 42.8 Å². The Kier molecular flexibility index (Phi) is 7.61. The van der Waals surface area contributed by atoms with Gasteiger partial charge in [0.15, 0.2) is 0 Å². The van der Waals surface area contributed by atoms with Crippen molar-refractivity contribution in [2.45, 2.75) is 25.4 Å². The van der Waals surface area contributed by atoms with Gasteiger partial charge in [-0.25, -0.2) is 10.3 Å². The van der Waals surface area contributed by atoms with E-state index >= 15 is 0 Å². The SMILES string of the molecule is O=C(/C=C/CCC[C@@H](OC(=O)Nc1ccccc1)c1ccc(O)c2ccccc12)NO. The minimum atomic E-state index is -0.598. The summed E-state index contributed by atoms with van der Waals surface area (Å²) in [6.07, 6.45) is 3.44. The molecule has 0 aromatic heterocycles. The molecule has 0 aliphatic heterocycles. The Balaban J connectivity index is 1.79. The normalized spacial score (nSPS) is 11.9. The largest absolute Gasteiger partial charge is 0.507 e. The number of hydrogen-bond acceptors (Lipinski definition) is 5. The maximum absolute atomic E-state index is 12.5. The quantitative estimate of drug-likeness (QED) is 0.176. The van der Waals surface area contributed by atoms with Crippen LogP contribution in [-0.2, 0) is 9.53 Å². The molecule has 0 radical (unpaired) electrons. The molecule has 3 aromatic rings. The number of carbonyl (C=O) groups excluding carboxylic acids is 2. The van der Waals surface area contributed by atoms with E-state index in [9.17, 15) is 14.7 Å². The molecule has 0 aliphatic rings. The van der Waals surface area contributed by atoms with Crippen LogP contribution < -0.4 is 10.8 Å². The van der Waals surface area contributed by atoms with Crippen molar-refractivity contribution >= 4 is 28.5 Å². The molecular formula is C24H24N2O5. The lowest BCUT2D eigenvalue weighted by atomic mass is 9.96. The van der Waals surface area contributed by atoms with Crippen molar-refractivity contribution in [3.05, 3.63) is 84.4 Å². The van der Waals surface area contributed by atoms with E-state index < -0.39 is 18.1 Å². The molecule has 4 N–H and O–H groups in total. The minimum Gasteiger partial charge on any atom is -0.507 e. The van der Waals surface area contributed by atoms with Crippen molar-refractivity contribution in [1.82, 2.24) is 5.48 Å². The molecule has 3 aromatic carbocycles. The lowest BCUT2D eigenvalue weighted by Gasteiger charge is -2.20. The van der Waals surface area contributed by atoms with Gasteiger partial charge in [0.25, 0.3) is 5.91 Å². The number of para-hydroxylation sites is 1.